The van der Waals surface area contributed by atoms with Crippen LogP contribution in [0.2, 0.25) is 0 Å². The van der Waals surface area contributed by atoms with E-state index in [4.69, 9.17) is 12.2 Å². The van der Waals surface area contributed by atoms with Crippen molar-refractivity contribution in [1.29, 1.82) is 0 Å². The van der Waals surface area contributed by atoms with Crippen molar-refractivity contribution in [2.75, 3.05) is 11.5 Å². The van der Waals surface area contributed by atoms with Crippen molar-refractivity contribution in [3.8, 4) is 0 Å². The Balaban J connectivity index is 2.30. The molecule has 1 saturated heterocycles. The zero-order valence-electron chi connectivity index (χ0n) is 9.77. The molecule has 1 N–H and O–H groups in total. The SMILES string of the molecule is CCCc1cc(=S)nc(C2CCS(=O)(=O)C2)[nH]1. The predicted octanol–water partition coefficient (Wildman–Crippen LogP) is 1.99. The molecule has 0 amide bonds. The van der Waals surface area contributed by atoms with Gasteiger partial charge in [0.15, 0.2) is 9.84 Å². The zero-order valence-corrected chi connectivity index (χ0v) is 11.4. The number of aromatic amines is 1. The monoisotopic (exact) mass is 272 g/mol. The molecule has 6 heteroatoms. The van der Waals surface area contributed by atoms with E-state index in [0.717, 1.165) is 24.4 Å². The molecule has 0 radical (unpaired) electrons. The Morgan fingerprint density at radius 1 is 1.59 bits per heavy atom. The third-order valence-corrected chi connectivity index (χ3v) is 4.93. The van der Waals surface area contributed by atoms with Crippen LogP contribution in [0, 0.1) is 4.64 Å². The second-order valence-corrected chi connectivity index (χ2v) is 7.13. The molecular formula is C11H16N2O2S2. The van der Waals surface area contributed by atoms with E-state index < -0.39 is 9.84 Å². The topological polar surface area (TPSA) is 62.8 Å². The Bertz CT molecular complexity index is 563. The van der Waals surface area contributed by atoms with E-state index in [1.165, 1.54) is 0 Å². The Kier molecular flexibility index (Phi) is 3.63. The molecular weight excluding hydrogens is 256 g/mol. The lowest BCUT2D eigenvalue weighted by Crippen LogP contribution is -2.09. The first-order chi connectivity index (χ1) is 8.00. The summed E-state index contributed by atoms with van der Waals surface area (Å²) in [5, 5.41) is 0. The van der Waals surface area contributed by atoms with Crippen molar-refractivity contribution < 1.29 is 8.42 Å². The van der Waals surface area contributed by atoms with Crippen molar-refractivity contribution in [2.24, 2.45) is 0 Å². The molecule has 17 heavy (non-hydrogen) atoms. The zero-order chi connectivity index (χ0) is 12.5. The lowest BCUT2D eigenvalue weighted by atomic mass is 10.1. The highest BCUT2D eigenvalue weighted by molar-refractivity contribution is 7.91. The van der Waals surface area contributed by atoms with Gasteiger partial charge in [-0.05, 0) is 18.9 Å². The molecule has 0 aromatic carbocycles. The van der Waals surface area contributed by atoms with Crippen molar-refractivity contribution in [3.63, 3.8) is 0 Å². The Morgan fingerprint density at radius 2 is 2.35 bits per heavy atom. The van der Waals surface area contributed by atoms with Crippen LogP contribution in [-0.2, 0) is 16.3 Å². The number of aromatic nitrogens is 2. The minimum atomic E-state index is -2.88. The maximum Gasteiger partial charge on any atom is 0.151 e. The van der Waals surface area contributed by atoms with Crippen molar-refractivity contribution in [2.45, 2.75) is 32.1 Å². The molecule has 0 aliphatic carbocycles. The lowest BCUT2D eigenvalue weighted by Gasteiger charge is -2.09. The molecule has 0 bridgehead atoms. The van der Waals surface area contributed by atoms with Crippen LogP contribution in [0.1, 0.15) is 37.2 Å². The summed E-state index contributed by atoms with van der Waals surface area (Å²) in [4.78, 5) is 7.48. The van der Waals surface area contributed by atoms with Crippen LogP contribution in [0.15, 0.2) is 6.07 Å². The fourth-order valence-corrected chi connectivity index (χ4v) is 4.13. The number of nitrogens with one attached hydrogen (secondary N) is 1. The third kappa shape index (κ3) is 3.13. The smallest absolute Gasteiger partial charge is 0.151 e. The number of H-pyrrole nitrogens is 1. The molecule has 0 saturated carbocycles. The number of sulfone groups is 1. The normalized spacial score (nSPS) is 22.8. The van der Waals surface area contributed by atoms with E-state index in [1.807, 2.05) is 6.07 Å². The first-order valence-corrected chi connectivity index (χ1v) is 8.03. The van der Waals surface area contributed by atoms with Gasteiger partial charge in [0.1, 0.15) is 10.5 Å². The molecule has 1 fully saturated rings. The average molecular weight is 272 g/mol. The second kappa shape index (κ2) is 4.86. The van der Waals surface area contributed by atoms with Crippen LogP contribution in [0.25, 0.3) is 0 Å². The van der Waals surface area contributed by atoms with Gasteiger partial charge >= 0.3 is 0 Å². The van der Waals surface area contributed by atoms with Crippen molar-refractivity contribution in [1.82, 2.24) is 9.97 Å². The van der Waals surface area contributed by atoms with Crippen LogP contribution >= 0.6 is 12.2 Å². The highest BCUT2D eigenvalue weighted by atomic mass is 32.2. The van der Waals surface area contributed by atoms with E-state index >= 15 is 0 Å². The van der Waals surface area contributed by atoms with Crippen molar-refractivity contribution in [3.05, 3.63) is 22.2 Å². The first kappa shape index (κ1) is 12.7. The highest BCUT2D eigenvalue weighted by Crippen LogP contribution is 2.26. The minimum Gasteiger partial charge on any atom is -0.347 e. The molecule has 2 heterocycles. The number of nitrogens with zero attached hydrogens (tertiary/aromatic N) is 1. The quantitative estimate of drug-likeness (QED) is 0.855. The predicted molar refractivity (Wildman–Crippen MR) is 69.4 cm³/mol. The number of aryl methyl sites for hydroxylation is 1. The molecule has 1 atom stereocenters. The van der Waals surface area contributed by atoms with Crippen LogP contribution in [0.4, 0.5) is 0 Å². The fraction of sp³-hybridized carbons (Fsp3) is 0.636. The maximum absolute atomic E-state index is 11.4. The van der Waals surface area contributed by atoms with Crippen LogP contribution in [0.5, 0.6) is 0 Å². The molecule has 1 aromatic heterocycles. The first-order valence-electron chi connectivity index (χ1n) is 5.81. The summed E-state index contributed by atoms with van der Waals surface area (Å²) in [6.45, 7) is 2.09. The van der Waals surface area contributed by atoms with Crippen LogP contribution in [0.3, 0.4) is 0 Å². The average Bonchev–Trinajstić information content (AvgIpc) is 2.58. The molecule has 2 rings (SSSR count). The Labute approximate surface area is 106 Å². The van der Waals surface area contributed by atoms with E-state index in [-0.39, 0.29) is 17.4 Å². The molecule has 1 aromatic rings. The number of hydrogen-bond donors (Lipinski definition) is 1. The highest BCUT2D eigenvalue weighted by Gasteiger charge is 2.30. The van der Waals surface area contributed by atoms with Gasteiger partial charge in [0, 0.05) is 11.6 Å². The number of hydrogen-bond acceptors (Lipinski definition) is 4. The number of rotatable bonds is 3. The molecule has 1 aliphatic rings. The van der Waals surface area contributed by atoms with Crippen LogP contribution in [-0.4, -0.2) is 29.9 Å². The largest absolute Gasteiger partial charge is 0.347 e. The van der Waals surface area contributed by atoms with Gasteiger partial charge in [0.2, 0.25) is 0 Å². The van der Waals surface area contributed by atoms with Gasteiger partial charge in [-0.1, -0.05) is 25.6 Å². The molecule has 1 unspecified atom stereocenters. The molecule has 1 aliphatic heterocycles. The lowest BCUT2D eigenvalue weighted by molar-refractivity contribution is 0.601. The maximum atomic E-state index is 11.4. The second-order valence-electron chi connectivity index (χ2n) is 4.48. The standard InChI is InChI=1S/C11H16N2O2S2/c1-2-3-9-6-10(16)13-11(12-9)8-4-5-17(14,15)7-8/h6,8H,2-5,7H2,1H3,(H,12,13,16). The summed E-state index contributed by atoms with van der Waals surface area (Å²) in [6.07, 6.45) is 2.59. The summed E-state index contributed by atoms with van der Waals surface area (Å²) < 4.78 is 23.4. The molecule has 94 valence electrons. The van der Waals surface area contributed by atoms with Crippen molar-refractivity contribution >= 4 is 22.1 Å². The van der Waals surface area contributed by atoms with Gasteiger partial charge in [-0.25, -0.2) is 13.4 Å². The van der Waals surface area contributed by atoms with Gasteiger partial charge in [-0.15, -0.1) is 0 Å². The van der Waals surface area contributed by atoms with E-state index in [2.05, 4.69) is 16.9 Å². The summed E-state index contributed by atoms with van der Waals surface area (Å²) in [5.41, 5.74) is 1.05. The van der Waals surface area contributed by atoms with Gasteiger partial charge in [0.05, 0.1) is 11.5 Å². The van der Waals surface area contributed by atoms with Gasteiger partial charge in [-0.3, -0.25) is 0 Å². The Morgan fingerprint density at radius 3 is 2.94 bits per heavy atom. The fourth-order valence-electron chi connectivity index (χ4n) is 2.14. The van der Waals surface area contributed by atoms with E-state index in [1.54, 1.807) is 0 Å². The molecule has 0 spiro atoms. The van der Waals surface area contributed by atoms with Gasteiger partial charge in [-0.2, -0.15) is 0 Å². The summed E-state index contributed by atoms with van der Waals surface area (Å²) in [5.74, 6) is 1.18. The minimum absolute atomic E-state index is 0.0153. The van der Waals surface area contributed by atoms with Crippen LogP contribution < -0.4 is 0 Å². The Hall–Kier alpha value is -0.750. The summed E-state index contributed by atoms with van der Waals surface area (Å²) >= 11 is 5.11. The van der Waals surface area contributed by atoms with Gasteiger partial charge < -0.3 is 4.98 Å². The third-order valence-electron chi connectivity index (χ3n) is 2.96. The summed E-state index contributed by atoms with van der Waals surface area (Å²) in [6, 6.07) is 1.85. The van der Waals surface area contributed by atoms with E-state index in [9.17, 15) is 8.42 Å². The van der Waals surface area contributed by atoms with Gasteiger partial charge in [0.25, 0.3) is 0 Å². The molecule has 4 nitrogen and oxygen atoms in total. The van der Waals surface area contributed by atoms with E-state index in [0.29, 0.717) is 11.1 Å². The summed E-state index contributed by atoms with van der Waals surface area (Å²) in [7, 11) is -2.88.